The second kappa shape index (κ2) is 8.48. The van der Waals surface area contributed by atoms with Gasteiger partial charge in [0.2, 0.25) is 5.43 Å². The van der Waals surface area contributed by atoms with E-state index in [1.165, 1.54) is 6.07 Å². The molecule has 28 heavy (non-hydrogen) atoms. The van der Waals surface area contributed by atoms with Crippen molar-refractivity contribution in [3.63, 3.8) is 0 Å². The van der Waals surface area contributed by atoms with Crippen LogP contribution in [0.3, 0.4) is 0 Å². The lowest BCUT2D eigenvalue weighted by Gasteiger charge is -2.10. The summed E-state index contributed by atoms with van der Waals surface area (Å²) < 4.78 is 5.66. The van der Waals surface area contributed by atoms with Gasteiger partial charge in [0, 0.05) is 29.3 Å². The number of benzene rings is 1. The van der Waals surface area contributed by atoms with Crippen molar-refractivity contribution in [3.8, 4) is 28.1 Å². The van der Waals surface area contributed by atoms with Crippen molar-refractivity contribution in [2.24, 2.45) is 0 Å². The Morgan fingerprint density at radius 1 is 1.07 bits per heavy atom. The minimum absolute atomic E-state index is 0.0998. The summed E-state index contributed by atoms with van der Waals surface area (Å²) in [6.45, 7) is 6.29. The number of H-pyrrole nitrogens is 2. The van der Waals surface area contributed by atoms with Crippen LogP contribution in [0.4, 0.5) is 0 Å². The second-order valence-electron chi connectivity index (χ2n) is 6.74. The maximum atomic E-state index is 12.7. The fourth-order valence-corrected chi connectivity index (χ4v) is 3.21. The average Bonchev–Trinajstić information content (AvgIpc) is 2.68. The van der Waals surface area contributed by atoms with Crippen molar-refractivity contribution in [1.29, 1.82) is 0 Å². The fraction of sp³-hybridized carbons (Fsp3) is 0.273. The van der Waals surface area contributed by atoms with Crippen molar-refractivity contribution in [3.05, 3.63) is 73.4 Å². The number of hydrogen-bond donors (Lipinski definition) is 2. The number of aryl methyl sites for hydroxylation is 2. The molecule has 2 aromatic heterocycles. The summed E-state index contributed by atoms with van der Waals surface area (Å²) in [7, 11) is 0. The molecule has 0 unspecified atom stereocenters. The quantitative estimate of drug-likeness (QED) is 0.583. The lowest BCUT2D eigenvalue weighted by Crippen LogP contribution is -2.16. The first-order valence-electron chi connectivity index (χ1n) is 9.27. The molecule has 0 spiro atoms. The van der Waals surface area contributed by atoms with Crippen molar-refractivity contribution in [2.45, 2.75) is 33.6 Å². The maximum Gasteiger partial charge on any atom is 0.208 e. The number of halogens is 1. The van der Waals surface area contributed by atoms with Gasteiger partial charge in [-0.25, -0.2) is 0 Å². The van der Waals surface area contributed by atoms with E-state index in [1.807, 2.05) is 24.3 Å². The molecule has 0 fully saturated rings. The molecule has 0 aliphatic heterocycles. The van der Waals surface area contributed by atoms with Gasteiger partial charge in [-0.05, 0) is 50.1 Å². The molecule has 1 aromatic carbocycles. The largest absolute Gasteiger partial charge is 0.494 e. The van der Waals surface area contributed by atoms with Gasteiger partial charge >= 0.3 is 0 Å². The molecule has 0 atom stereocenters. The maximum absolute atomic E-state index is 12.7. The Kier molecular flexibility index (Phi) is 6.05. The highest BCUT2D eigenvalue weighted by atomic mass is 35.5. The third-order valence-corrected chi connectivity index (χ3v) is 5.07. The van der Waals surface area contributed by atoms with Crippen molar-refractivity contribution in [1.82, 2.24) is 9.97 Å². The number of aromatic amines is 2. The minimum atomic E-state index is -0.345. The zero-order valence-electron chi connectivity index (χ0n) is 16.2. The van der Waals surface area contributed by atoms with Gasteiger partial charge in [0.15, 0.2) is 5.43 Å². The first kappa shape index (κ1) is 20.0. The third kappa shape index (κ3) is 4.04. The summed E-state index contributed by atoms with van der Waals surface area (Å²) in [4.78, 5) is 31.4. The molecular formula is C22H23ClN2O3. The minimum Gasteiger partial charge on any atom is -0.494 e. The molecule has 0 aliphatic carbocycles. The lowest BCUT2D eigenvalue weighted by atomic mass is 10.0. The molecular weight excluding hydrogens is 376 g/mol. The topological polar surface area (TPSA) is 75.0 Å². The number of aromatic nitrogens is 2. The van der Waals surface area contributed by atoms with Crippen LogP contribution in [-0.4, -0.2) is 16.6 Å². The predicted octanol–water partition coefficient (Wildman–Crippen LogP) is 4.85. The Morgan fingerprint density at radius 3 is 2.43 bits per heavy atom. The van der Waals surface area contributed by atoms with Gasteiger partial charge in [0.25, 0.3) is 0 Å². The van der Waals surface area contributed by atoms with Crippen LogP contribution < -0.4 is 15.6 Å². The van der Waals surface area contributed by atoms with E-state index in [1.54, 1.807) is 20.0 Å². The Balaban J connectivity index is 1.93. The highest BCUT2D eigenvalue weighted by molar-refractivity contribution is 6.31. The van der Waals surface area contributed by atoms with Gasteiger partial charge in [-0.2, -0.15) is 0 Å². The lowest BCUT2D eigenvalue weighted by molar-refractivity contribution is 0.309. The van der Waals surface area contributed by atoms with E-state index >= 15 is 0 Å². The molecule has 3 rings (SSSR count). The first-order valence-corrected chi connectivity index (χ1v) is 9.65. The normalized spacial score (nSPS) is 10.9. The van der Waals surface area contributed by atoms with E-state index in [4.69, 9.17) is 16.3 Å². The zero-order valence-corrected chi connectivity index (χ0v) is 16.9. The molecule has 0 saturated carbocycles. The number of pyridine rings is 2. The molecule has 0 saturated heterocycles. The molecule has 6 heteroatoms. The Hall–Kier alpha value is -2.79. The smallest absolute Gasteiger partial charge is 0.208 e. The molecule has 0 amide bonds. The van der Waals surface area contributed by atoms with Crippen molar-refractivity contribution >= 4 is 11.6 Å². The summed E-state index contributed by atoms with van der Waals surface area (Å²) in [5.41, 5.74) is 2.72. The Morgan fingerprint density at radius 2 is 1.79 bits per heavy atom. The van der Waals surface area contributed by atoms with E-state index in [0.717, 1.165) is 24.2 Å². The van der Waals surface area contributed by atoms with Gasteiger partial charge in [-0.1, -0.05) is 24.9 Å². The van der Waals surface area contributed by atoms with Crippen molar-refractivity contribution in [2.75, 3.05) is 6.61 Å². The van der Waals surface area contributed by atoms with E-state index in [0.29, 0.717) is 34.8 Å². The summed E-state index contributed by atoms with van der Waals surface area (Å²) in [6.07, 6.45) is 3.66. The molecule has 2 heterocycles. The SMILES string of the molecule is CCCCOc1ccc(-c2cc(=O)c(-c3c(C)[nH]c(C)c(Cl)c3=O)c[nH]2)cc1. The van der Waals surface area contributed by atoms with E-state index in [9.17, 15) is 9.59 Å². The standard InChI is InChI=1S/C22H23ClN2O3/c1-4-5-10-28-16-8-6-15(7-9-16)18-11-19(26)17(12-24-18)20-13(2)25-14(3)21(23)22(20)27/h6-9,11-12H,4-5,10H2,1-3H3,(H,24,26)(H,25,27). The molecule has 0 radical (unpaired) electrons. The highest BCUT2D eigenvalue weighted by Gasteiger charge is 2.16. The number of rotatable bonds is 6. The van der Waals surface area contributed by atoms with Crippen LogP contribution in [0.5, 0.6) is 5.75 Å². The zero-order chi connectivity index (χ0) is 20.3. The number of unbranched alkanes of at least 4 members (excludes halogenated alkanes) is 1. The molecule has 5 nitrogen and oxygen atoms in total. The van der Waals surface area contributed by atoms with Crippen LogP contribution in [0.1, 0.15) is 31.2 Å². The van der Waals surface area contributed by atoms with Crippen molar-refractivity contribution < 1.29 is 4.74 Å². The average molecular weight is 399 g/mol. The molecule has 0 bridgehead atoms. The summed E-state index contributed by atoms with van der Waals surface area (Å²) in [6, 6.07) is 9.05. The highest BCUT2D eigenvalue weighted by Crippen LogP contribution is 2.23. The monoisotopic (exact) mass is 398 g/mol. The van der Waals surface area contributed by atoms with E-state index in [-0.39, 0.29) is 15.9 Å². The van der Waals surface area contributed by atoms with Crippen LogP contribution in [-0.2, 0) is 0 Å². The van der Waals surface area contributed by atoms with Gasteiger partial charge in [-0.15, -0.1) is 0 Å². The Bertz CT molecular complexity index is 1100. The van der Waals surface area contributed by atoms with Gasteiger partial charge in [0.1, 0.15) is 10.8 Å². The third-order valence-electron chi connectivity index (χ3n) is 4.62. The number of nitrogens with one attached hydrogen (secondary N) is 2. The van der Waals surface area contributed by atoms with E-state index in [2.05, 4.69) is 16.9 Å². The fourth-order valence-electron chi connectivity index (χ4n) is 3.07. The molecule has 0 aliphatic rings. The van der Waals surface area contributed by atoms with Crippen LogP contribution in [0.25, 0.3) is 22.4 Å². The predicted molar refractivity (Wildman–Crippen MR) is 113 cm³/mol. The van der Waals surface area contributed by atoms with E-state index < -0.39 is 0 Å². The number of hydrogen-bond acceptors (Lipinski definition) is 3. The summed E-state index contributed by atoms with van der Waals surface area (Å²) >= 11 is 6.08. The summed E-state index contributed by atoms with van der Waals surface area (Å²) in [5, 5.41) is 0.0998. The summed E-state index contributed by atoms with van der Waals surface area (Å²) in [5.74, 6) is 0.799. The van der Waals surface area contributed by atoms with Crippen LogP contribution >= 0.6 is 11.6 Å². The molecule has 2 N–H and O–H groups in total. The van der Waals surface area contributed by atoms with Gasteiger partial charge in [0.05, 0.1) is 17.7 Å². The molecule has 3 aromatic rings. The molecule has 146 valence electrons. The van der Waals surface area contributed by atoms with Gasteiger partial charge in [-0.3, -0.25) is 9.59 Å². The van der Waals surface area contributed by atoms with Crippen LogP contribution in [0.2, 0.25) is 5.02 Å². The first-order chi connectivity index (χ1) is 13.4. The van der Waals surface area contributed by atoms with Crippen LogP contribution in [0, 0.1) is 13.8 Å². The number of ether oxygens (including phenoxy) is 1. The Labute approximate surface area is 168 Å². The second-order valence-corrected chi connectivity index (χ2v) is 7.12. The van der Waals surface area contributed by atoms with Gasteiger partial charge < -0.3 is 14.7 Å². The van der Waals surface area contributed by atoms with Crippen LogP contribution in [0.15, 0.2) is 46.1 Å².